The molecule has 0 aliphatic carbocycles. The molecule has 0 aliphatic rings. The van der Waals surface area contributed by atoms with Crippen LogP contribution in [0.1, 0.15) is 51.6 Å². The Kier molecular flexibility index (Phi) is 6.52. The van der Waals surface area contributed by atoms with Gasteiger partial charge in [0.05, 0.1) is 6.04 Å². The van der Waals surface area contributed by atoms with Gasteiger partial charge in [-0.05, 0) is 51.3 Å². The third-order valence-electron chi connectivity index (χ3n) is 3.53. The molecule has 0 aromatic heterocycles. The first-order valence-electron chi connectivity index (χ1n) is 7.29. The smallest absolute Gasteiger partial charge is 0.223 e. The van der Waals surface area contributed by atoms with Crippen molar-refractivity contribution in [2.45, 2.75) is 52.1 Å². The molecule has 1 aromatic rings. The normalized spacial score (nSPS) is 13.8. The van der Waals surface area contributed by atoms with Crippen LogP contribution in [-0.2, 0) is 4.79 Å². The van der Waals surface area contributed by atoms with E-state index in [1.807, 2.05) is 31.7 Å². The molecular weight excluding hydrogens is 252 g/mol. The van der Waals surface area contributed by atoms with Crippen LogP contribution in [-0.4, -0.2) is 28.5 Å². The molecule has 20 heavy (non-hydrogen) atoms. The van der Waals surface area contributed by atoms with Crippen LogP contribution < -0.4 is 5.73 Å². The first-order valence-corrected chi connectivity index (χ1v) is 7.29. The van der Waals surface area contributed by atoms with Crippen molar-refractivity contribution < 1.29 is 9.90 Å². The lowest BCUT2D eigenvalue weighted by atomic mass is 10.1. The van der Waals surface area contributed by atoms with E-state index < -0.39 is 0 Å². The number of carbonyl (C=O) groups excluding carboxylic acids is 1. The van der Waals surface area contributed by atoms with E-state index in [0.29, 0.717) is 13.0 Å². The molecular formula is C16H26N2O2. The molecule has 0 heterocycles. The molecule has 4 nitrogen and oxygen atoms in total. The highest BCUT2D eigenvalue weighted by Crippen LogP contribution is 2.24. The van der Waals surface area contributed by atoms with Crippen LogP contribution in [0.5, 0.6) is 5.75 Å². The fourth-order valence-corrected chi connectivity index (χ4v) is 2.35. The summed E-state index contributed by atoms with van der Waals surface area (Å²) in [6.45, 7) is 6.58. The van der Waals surface area contributed by atoms with Gasteiger partial charge in [0, 0.05) is 19.0 Å². The standard InChI is InChI=1S/C16H26N2O2/c1-4-18(16(20)10-5-7-12(2)17)13(3)14-8-6-9-15(19)11-14/h6,8-9,11-13,19H,4-5,7,10,17H2,1-3H3. The van der Waals surface area contributed by atoms with Crippen molar-refractivity contribution in [2.75, 3.05) is 6.54 Å². The number of phenols is 1. The van der Waals surface area contributed by atoms with E-state index in [4.69, 9.17) is 5.73 Å². The minimum Gasteiger partial charge on any atom is -0.508 e. The molecule has 4 heteroatoms. The average molecular weight is 278 g/mol. The van der Waals surface area contributed by atoms with Crippen LogP contribution in [0.3, 0.4) is 0 Å². The van der Waals surface area contributed by atoms with Crippen molar-refractivity contribution in [2.24, 2.45) is 5.73 Å². The number of carbonyl (C=O) groups is 1. The zero-order valence-electron chi connectivity index (χ0n) is 12.7. The van der Waals surface area contributed by atoms with Gasteiger partial charge in [-0.25, -0.2) is 0 Å². The molecule has 112 valence electrons. The Morgan fingerprint density at radius 3 is 2.65 bits per heavy atom. The molecule has 0 fully saturated rings. The number of benzene rings is 1. The van der Waals surface area contributed by atoms with E-state index in [-0.39, 0.29) is 23.7 Å². The Hall–Kier alpha value is -1.55. The molecule has 0 saturated heterocycles. The molecule has 1 amide bonds. The number of hydrogen-bond acceptors (Lipinski definition) is 3. The number of rotatable bonds is 7. The fraction of sp³-hybridized carbons (Fsp3) is 0.562. The molecule has 2 unspecified atom stereocenters. The highest BCUT2D eigenvalue weighted by molar-refractivity contribution is 5.76. The average Bonchev–Trinajstić information content (AvgIpc) is 2.39. The van der Waals surface area contributed by atoms with E-state index in [2.05, 4.69) is 0 Å². The second kappa shape index (κ2) is 7.90. The van der Waals surface area contributed by atoms with E-state index >= 15 is 0 Å². The van der Waals surface area contributed by atoms with Gasteiger partial charge in [0.25, 0.3) is 0 Å². The second-order valence-corrected chi connectivity index (χ2v) is 5.32. The third kappa shape index (κ3) is 4.85. The summed E-state index contributed by atoms with van der Waals surface area (Å²) in [5.74, 6) is 0.374. The van der Waals surface area contributed by atoms with Gasteiger partial charge < -0.3 is 15.7 Å². The quantitative estimate of drug-likeness (QED) is 0.806. The SMILES string of the molecule is CCN(C(=O)CCCC(C)N)C(C)c1cccc(O)c1. The summed E-state index contributed by atoms with van der Waals surface area (Å²) in [6, 6.07) is 7.19. The number of phenolic OH excluding ortho intramolecular Hbond substituents is 1. The Balaban J connectivity index is 2.67. The topological polar surface area (TPSA) is 66.6 Å². The van der Waals surface area contributed by atoms with E-state index in [1.54, 1.807) is 18.2 Å². The summed E-state index contributed by atoms with van der Waals surface area (Å²) in [6.07, 6.45) is 2.21. The lowest BCUT2D eigenvalue weighted by molar-refractivity contribution is -0.133. The van der Waals surface area contributed by atoms with Gasteiger partial charge in [-0.15, -0.1) is 0 Å². The Labute approximate surface area is 121 Å². The Morgan fingerprint density at radius 1 is 1.40 bits per heavy atom. The summed E-state index contributed by atoms with van der Waals surface area (Å²) in [5, 5.41) is 9.54. The first-order chi connectivity index (χ1) is 9.45. The molecule has 1 rings (SSSR count). The van der Waals surface area contributed by atoms with Crippen LogP contribution >= 0.6 is 0 Å². The maximum Gasteiger partial charge on any atom is 0.223 e. The highest BCUT2D eigenvalue weighted by atomic mass is 16.3. The number of nitrogens with two attached hydrogens (primary N) is 1. The predicted octanol–water partition coefficient (Wildman–Crippen LogP) is 2.82. The van der Waals surface area contributed by atoms with E-state index in [9.17, 15) is 9.90 Å². The zero-order chi connectivity index (χ0) is 15.1. The van der Waals surface area contributed by atoms with Gasteiger partial charge in [-0.3, -0.25) is 4.79 Å². The maximum atomic E-state index is 12.3. The van der Waals surface area contributed by atoms with Crippen LogP contribution in [0.4, 0.5) is 0 Å². The van der Waals surface area contributed by atoms with Crippen molar-refractivity contribution in [1.82, 2.24) is 4.90 Å². The van der Waals surface area contributed by atoms with Gasteiger partial charge in [0.15, 0.2) is 0 Å². The maximum absolute atomic E-state index is 12.3. The molecule has 0 radical (unpaired) electrons. The molecule has 0 spiro atoms. The zero-order valence-corrected chi connectivity index (χ0v) is 12.7. The highest BCUT2D eigenvalue weighted by Gasteiger charge is 2.19. The number of nitrogens with zero attached hydrogens (tertiary/aromatic N) is 1. The van der Waals surface area contributed by atoms with Gasteiger partial charge in [-0.1, -0.05) is 12.1 Å². The third-order valence-corrected chi connectivity index (χ3v) is 3.53. The van der Waals surface area contributed by atoms with Gasteiger partial charge in [0.2, 0.25) is 5.91 Å². The van der Waals surface area contributed by atoms with Crippen molar-refractivity contribution in [1.29, 1.82) is 0 Å². The van der Waals surface area contributed by atoms with Crippen LogP contribution in [0.25, 0.3) is 0 Å². The predicted molar refractivity (Wildman–Crippen MR) is 81.4 cm³/mol. The molecule has 0 saturated carbocycles. The Bertz CT molecular complexity index is 432. The van der Waals surface area contributed by atoms with Crippen LogP contribution in [0, 0.1) is 0 Å². The van der Waals surface area contributed by atoms with Crippen molar-refractivity contribution in [3.05, 3.63) is 29.8 Å². The molecule has 0 aliphatic heterocycles. The fourth-order valence-electron chi connectivity index (χ4n) is 2.35. The largest absolute Gasteiger partial charge is 0.508 e. The van der Waals surface area contributed by atoms with E-state index in [1.165, 1.54) is 0 Å². The van der Waals surface area contributed by atoms with Gasteiger partial charge in [0.1, 0.15) is 5.75 Å². The minimum absolute atomic E-state index is 0.0325. The lowest BCUT2D eigenvalue weighted by Crippen LogP contribution is -2.33. The Morgan fingerprint density at radius 2 is 2.10 bits per heavy atom. The summed E-state index contributed by atoms with van der Waals surface area (Å²) < 4.78 is 0. The number of amides is 1. The second-order valence-electron chi connectivity index (χ2n) is 5.32. The molecule has 1 aromatic carbocycles. The molecule has 3 N–H and O–H groups in total. The molecule has 2 atom stereocenters. The molecule has 0 bridgehead atoms. The first kappa shape index (κ1) is 16.5. The lowest BCUT2D eigenvalue weighted by Gasteiger charge is -2.28. The van der Waals surface area contributed by atoms with Gasteiger partial charge in [-0.2, -0.15) is 0 Å². The van der Waals surface area contributed by atoms with E-state index in [0.717, 1.165) is 18.4 Å². The van der Waals surface area contributed by atoms with Crippen molar-refractivity contribution in [3.63, 3.8) is 0 Å². The number of hydrogen-bond donors (Lipinski definition) is 2. The van der Waals surface area contributed by atoms with Crippen molar-refractivity contribution >= 4 is 5.91 Å². The number of aromatic hydroxyl groups is 1. The van der Waals surface area contributed by atoms with Crippen LogP contribution in [0.15, 0.2) is 24.3 Å². The monoisotopic (exact) mass is 278 g/mol. The summed E-state index contributed by atoms with van der Waals surface area (Å²) in [4.78, 5) is 14.1. The van der Waals surface area contributed by atoms with Crippen LogP contribution in [0.2, 0.25) is 0 Å². The summed E-state index contributed by atoms with van der Waals surface area (Å²) in [7, 11) is 0. The minimum atomic E-state index is -0.0325. The summed E-state index contributed by atoms with van der Waals surface area (Å²) >= 11 is 0. The van der Waals surface area contributed by atoms with Gasteiger partial charge >= 0.3 is 0 Å². The summed E-state index contributed by atoms with van der Waals surface area (Å²) in [5.41, 5.74) is 6.65. The van der Waals surface area contributed by atoms with Crippen molar-refractivity contribution in [3.8, 4) is 5.75 Å².